The minimum atomic E-state index is -2.25. The number of phenolic OH excluding ortho intramolecular Hbond substituents is 1. The van der Waals surface area contributed by atoms with Crippen LogP contribution in [0.25, 0.3) is 11.3 Å². The highest BCUT2D eigenvalue weighted by Crippen LogP contribution is 2.32. The molecule has 12 amide bonds. The number of ether oxygens (including phenoxy) is 2. The van der Waals surface area contributed by atoms with Crippen molar-refractivity contribution in [1.29, 1.82) is 0 Å². The van der Waals surface area contributed by atoms with E-state index in [2.05, 4.69) is 70.1 Å². The summed E-state index contributed by atoms with van der Waals surface area (Å²) in [5.74, 6) is -15.2. The Bertz CT molecular complexity index is 3320. The molecule has 0 aliphatic carbocycles. The van der Waals surface area contributed by atoms with Crippen molar-refractivity contribution >= 4 is 70.9 Å². The van der Waals surface area contributed by atoms with Gasteiger partial charge in [-0.2, -0.15) is 0 Å². The SMILES string of the molecule is C/C=C1/NC(=O)[C@@H]2Cc3ccc(O)c(c3)-c3nc[nH]c3C[C@H](NC(=O)[C@@H](CCC(N)=O)NC(=O)CNC(=O)[C@@H]([C@@H](O)CC(N)=O)NC1=O)C(=O)N[C@H](C)[C@H](NC(=O)/C(=C\C)NC(=O)[C@@H](O)[C@@H](/C=C/C=C/CCCCCCCC)O[C@H]1OC[C@@H](O)[C@H](O)[C@@H]1O)C(=O)N[C@H]([C@@H](C)O)C(=O)N2. The van der Waals surface area contributed by atoms with E-state index < -0.39 is 225 Å². The zero-order valence-electron chi connectivity index (χ0n) is 54.8. The Kier molecular flexibility index (Phi) is 31.1. The molecule has 2 aromatic rings. The third-order valence-corrected chi connectivity index (χ3v) is 15.9. The predicted molar refractivity (Wildman–Crippen MR) is 344 cm³/mol. The van der Waals surface area contributed by atoms with Gasteiger partial charge in [-0.15, -0.1) is 0 Å². The summed E-state index contributed by atoms with van der Waals surface area (Å²) in [6, 6.07) is -9.64. The number of H-pyrrole nitrogens is 1. The number of amides is 12. The second-order valence-corrected chi connectivity index (χ2v) is 23.7. The molecule has 0 unspecified atom stereocenters. The van der Waals surface area contributed by atoms with Crippen molar-refractivity contribution in [3.8, 4) is 17.0 Å². The van der Waals surface area contributed by atoms with Gasteiger partial charge in [0.05, 0.1) is 49.8 Å². The molecule has 5 rings (SSSR count). The number of carbonyl (C=O) groups excluding carboxylic acids is 12. The molecule has 3 aliphatic rings. The Morgan fingerprint density at radius 1 is 0.796 bits per heavy atom. The number of aromatic hydroxyl groups is 1. The molecule has 15 atom stereocenters. The van der Waals surface area contributed by atoms with Crippen molar-refractivity contribution < 1.29 is 103 Å². The number of primary amides is 2. The van der Waals surface area contributed by atoms with E-state index in [9.17, 15) is 93.3 Å². The summed E-state index contributed by atoms with van der Waals surface area (Å²) in [5, 5.41) is 99.8. The molecule has 538 valence electrons. The first-order valence-corrected chi connectivity index (χ1v) is 31.9. The lowest BCUT2D eigenvalue weighted by molar-refractivity contribution is -0.283. The summed E-state index contributed by atoms with van der Waals surface area (Å²) >= 11 is 0. The number of aromatic amines is 1. The second kappa shape index (κ2) is 38.5. The van der Waals surface area contributed by atoms with E-state index >= 15 is 0 Å². The molecule has 98 heavy (non-hydrogen) atoms. The fourth-order valence-corrected chi connectivity index (χ4v) is 10.4. The zero-order valence-corrected chi connectivity index (χ0v) is 54.8. The molecule has 0 spiro atoms. The first kappa shape index (κ1) is 79.2. The van der Waals surface area contributed by atoms with Crippen LogP contribution in [-0.2, 0) is 79.8 Å². The maximum absolute atomic E-state index is 15.0. The van der Waals surface area contributed by atoms with Gasteiger partial charge in [-0.05, 0) is 64.7 Å². The largest absolute Gasteiger partial charge is 0.507 e. The van der Waals surface area contributed by atoms with Gasteiger partial charge in [-0.3, -0.25) is 57.5 Å². The number of aromatic nitrogens is 2. The number of allylic oxidation sites excluding steroid dienone is 5. The lowest BCUT2D eigenvalue weighted by atomic mass is 9.97. The highest BCUT2D eigenvalue weighted by atomic mass is 16.7. The highest BCUT2D eigenvalue weighted by molar-refractivity contribution is 6.04. The maximum atomic E-state index is 15.0. The molecule has 1 aromatic heterocycles. The highest BCUT2D eigenvalue weighted by Gasteiger charge is 2.43. The summed E-state index contributed by atoms with van der Waals surface area (Å²) in [5.41, 5.74) is 9.42. The van der Waals surface area contributed by atoms with E-state index in [0.717, 1.165) is 70.9 Å². The van der Waals surface area contributed by atoms with Gasteiger partial charge in [-0.1, -0.05) is 81.6 Å². The van der Waals surface area contributed by atoms with Crippen LogP contribution in [0.3, 0.4) is 0 Å². The number of nitrogens with two attached hydrogens (primary N) is 2. The van der Waals surface area contributed by atoms with E-state index in [1.807, 2.05) is 6.08 Å². The average Bonchev–Trinajstić information content (AvgIpc) is 1.47. The van der Waals surface area contributed by atoms with Crippen LogP contribution in [0.5, 0.6) is 5.75 Å². The summed E-state index contributed by atoms with van der Waals surface area (Å²) in [6.07, 6.45) is -1.80. The Labute approximate surface area is 563 Å². The van der Waals surface area contributed by atoms with E-state index in [0.29, 0.717) is 6.42 Å². The fourth-order valence-electron chi connectivity index (χ4n) is 10.4. The van der Waals surface area contributed by atoms with Crippen molar-refractivity contribution in [2.24, 2.45) is 11.5 Å². The number of rotatable bonds is 23. The monoisotopic (exact) mass is 1380 g/mol. The third kappa shape index (κ3) is 23.4. The van der Waals surface area contributed by atoms with Crippen molar-refractivity contribution in [1.82, 2.24) is 63.1 Å². The Morgan fingerprint density at radius 2 is 1.49 bits per heavy atom. The van der Waals surface area contributed by atoms with Crippen molar-refractivity contribution in [2.75, 3.05) is 13.2 Å². The molecule has 1 aromatic carbocycles. The quantitative estimate of drug-likeness (QED) is 0.0280. The van der Waals surface area contributed by atoms with Crippen LogP contribution >= 0.6 is 0 Å². The number of hydrogen-bond acceptors (Lipinski definition) is 22. The van der Waals surface area contributed by atoms with Gasteiger partial charge in [0.1, 0.15) is 77.8 Å². The number of aliphatic hydroxyl groups excluding tert-OH is 6. The van der Waals surface area contributed by atoms with Gasteiger partial charge in [0.15, 0.2) is 12.4 Å². The molecule has 3 aliphatic heterocycles. The Morgan fingerprint density at radius 3 is 2.16 bits per heavy atom. The van der Waals surface area contributed by atoms with Gasteiger partial charge in [0, 0.05) is 30.5 Å². The normalized spacial score (nSPS) is 26.2. The molecule has 35 heteroatoms. The number of phenols is 1. The maximum Gasteiger partial charge on any atom is 0.268 e. The number of hydrogen-bond donors (Lipinski definition) is 20. The summed E-state index contributed by atoms with van der Waals surface area (Å²) in [7, 11) is 0. The summed E-state index contributed by atoms with van der Waals surface area (Å²) in [6.45, 7) is 5.28. The number of aliphatic hydroxyl groups is 6. The van der Waals surface area contributed by atoms with Crippen LogP contribution in [0.1, 0.15) is 110 Å². The van der Waals surface area contributed by atoms with Crippen LogP contribution in [0.4, 0.5) is 0 Å². The van der Waals surface area contributed by atoms with Gasteiger partial charge in [-0.25, -0.2) is 4.98 Å². The van der Waals surface area contributed by atoms with Crippen LogP contribution < -0.4 is 64.6 Å². The zero-order chi connectivity index (χ0) is 72.5. The Hall–Kier alpha value is -9.49. The number of nitrogens with zero attached hydrogens (tertiary/aromatic N) is 1. The first-order chi connectivity index (χ1) is 46.5. The van der Waals surface area contributed by atoms with Crippen LogP contribution in [0.15, 0.2) is 72.4 Å². The van der Waals surface area contributed by atoms with Crippen LogP contribution in [0, 0.1) is 0 Å². The second-order valence-electron chi connectivity index (χ2n) is 23.7. The van der Waals surface area contributed by atoms with Crippen molar-refractivity contribution in [3.05, 3.63) is 83.6 Å². The number of imidazole rings is 1. The molecule has 4 heterocycles. The van der Waals surface area contributed by atoms with Gasteiger partial charge < -0.3 is 115 Å². The standard InChI is InChI=1S/C63H90N14O21/c1-6-9-10-11-12-13-14-15-16-17-18-43(98-63-53(87)51(85)42(81)28-97-63)52(86)62(96)72-35(8-3)54(88)75-47-30(4)69-57(91)39-25-37-49(68-29-67-37)33-23-32(19-21-40(33)79)24-38(74-61(95)48(31(5)78)76-60(47)94)58(92)71-34(7-2)55(89)77-50(41(80)26-45(65)83)59(93)66-27-46(84)70-36(56(90)73-39)20-22-44(64)82/h7-8,15-19,21,23,29-31,36,38-39,41-43,47-48,50-53,63,78-81,85-87H,6,9-14,20,22,24-28H2,1-5H3,(H2,64,82)(H2,65,83)(H,66,93)(H,67,68)(H,69,91)(H,70,84)(H,71,92)(H,72,96)(H,73,90)(H,74,95)(H,75,88)(H,76,94)(H,77,89)/b16-15+,18-17+,34-7+,35-8+/t30-,31-,36-,38+,39+,41+,42-,43-,47+,48-,50-,51+,52+,53+,63-/m1/s1. The lowest BCUT2D eigenvalue weighted by Gasteiger charge is -2.36. The minimum Gasteiger partial charge on any atom is -0.507 e. The van der Waals surface area contributed by atoms with Crippen molar-refractivity contribution in [3.63, 3.8) is 0 Å². The Balaban J connectivity index is 1.62. The van der Waals surface area contributed by atoms with E-state index in [1.54, 1.807) is 6.08 Å². The molecule has 1 fully saturated rings. The molecular formula is C63H90N14O21. The first-order valence-electron chi connectivity index (χ1n) is 31.9. The molecular weight excluding hydrogens is 1290 g/mol. The van der Waals surface area contributed by atoms with Crippen LogP contribution in [-0.4, -0.2) is 221 Å². The smallest absolute Gasteiger partial charge is 0.268 e. The molecule has 1 saturated heterocycles. The average molecular weight is 1380 g/mol. The molecule has 0 saturated carbocycles. The van der Waals surface area contributed by atoms with Crippen molar-refractivity contribution in [2.45, 2.75) is 203 Å². The summed E-state index contributed by atoms with van der Waals surface area (Å²) in [4.78, 5) is 175. The number of benzene rings is 1. The fraction of sp³-hybridized carbons (Fsp3) is 0.540. The predicted octanol–water partition coefficient (Wildman–Crippen LogP) is -5.61. The third-order valence-electron chi connectivity index (χ3n) is 15.9. The van der Waals surface area contributed by atoms with E-state index in [4.69, 9.17) is 20.9 Å². The van der Waals surface area contributed by atoms with Gasteiger partial charge in [0.25, 0.3) is 17.7 Å². The van der Waals surface area contributed by atoms with E-state index in [1.165, 1.54) is 44.2 Å². The van der Waals surface area contributed by atoms with Crippen LogP contribution in [0.2, 0.25) is 0 Å². The molecule has 35 nitrogen and oxygen atoms in total. The number of nitrogens with one attached hydrogen (secondary N) is 11. The molecule has 4 bridgehead atoms. The van der Waals surface area contributed by atoms with Gasteiger partial charge in [0.2, 0.25) is 53.2 Å². The lowest BCUT2D eigenvalue weighted by Crippen LogP contribution is -2.64. The molecule has 0 radical (unpaired) electrons. The molecule has 22 N–H and O–H groups in total. The summed E-state index contributed by atoms with van der Waals surface area (Å²) < 4.78 is 11.2. The number of carbonyl (C=O) groups is 12. The topological polar surface area (TPSA) is 566 Å². The minimum absolute atomic E-state index is 0.00450. The van der Waals surface area contributed by atoms with Gasteiger partial charge >= 0.3 is 0 Å². The number of fused-ring (bicyclic) bond motifs is 2. The van der Waals surface area contributed by atoms with E-state index in [-0.39, 0.29) is 22.5 Å². The number of unbranched alkanes of at least 4 members (excludes halogenated alkanes) is 6.